The topological polar surface area (TPSA) is 82.9 Å². The molecule has 0 saturated carbocycles. The predicted octanol–water partition coefficient (Wildman–Crippen LogP) is 3.05. The Bertz CT molecular complexity index is 1010. The Morgan fingerprint density at radius 3 is 2.76 bits per heavy atom. The minimum Gasteiger partial charge on any atom is -0.454 e. The summed E-state index contributed by atoms with van der Waals surface area (Å²) in [7, 11) is 2.80. The summed E-state index contributed by atoms with van der Waals surface area (Å²) in [6.07, 6.45) is 1.90. The summed E-state index contributed by atoms with van der Waals surface area (Å²) in [5.41, 5.74) is -0.157. The SMILES string of the molecule is C=CCN1C(=O)C23C[C@](C)(C#N)[C@H](c4ccc5c(c4)OCO5)N2C(=O)C1(C)SS3. The van der Waals surface area contributed by atoms with Crippen molar-refractivity contribution in [2.45, 2.75) is 36.1 Å². The number of nitriles is 1. The van der Waals surface area contributed by atoms with Crippen LogP contribution in [0.1, 0.15) is 31.9 Å². The Morgan fingerprint density at radius 2 is 2.03 bits per heavy atom. The molecule has 6 rings (SSSR count). The molecule has 7 nitrogen and oxygen atoms in total. The van der Waals surface area contributed by atoms with Crippen LogP contribution in [0, 0.1) is 16.7 Å². The molecule has 150 valence electrons. The van der Waals surface area contributed by atoms with Crippen LogP contribution in [-0.2, 0) is 9.59 Å². The van der Waals surface area contributed by atoms with Crippen LogP contribution in [0.4, 0.5) is 0 Å². The van der Waals surface area contributed by atoms with Gasteiger partial charge in [-0.15, -0.1) is 6.58 Å². The molecular formula is C20H19N3O4S2. The number of fused-ring (bicyclic) bond motifs is 3. The molecule has 1 spiro atoms. The highest BCUT2D eigenvalue weighted by atomic mass is 33.1. The highest BCUT2D eigenvalue weighted by molar-refractivity contribution is 8.78. The van der Waals surface area contributed by atoms with E-state index in [0.29, 0.717) is 18.0 Å². The van der Waals surface area contributed by atoms with Gasteiger partial charge in [-0.2, -0.15) is 5.26 Å². The van der Waals surface area contributed by atoms with Gasteiger partial charge in [-0.1, -0.05) is 33.7 Å². The minimum absolute atomic E-state index is 0.132. The first-order valence-electron chi connectivity index (χ1n) is 9.25. The van der Waals surface area contributed by atoms with Crippen molar-refractivity contribution in [2.24, 2.45) is 5.41 Å². The van der Waals surface area contributed by atoms with E-state index in [1.807, 2.05) is 19.1 Å². The van der Waals surface area contributed by atoms with Crippen LogP contribution in [-0.4, -0.2) is 44.7 Å². The van der Waals surface area contributed by atoms with E-state index in [4.69, 9.17) is 9.47 Å². The number of rotatable bonds is 3. The van der Waals surface area contributed by atoms with Crippen LogP contribution < -0.4 is 9.47 Å². The molecule has 29 heavy (non-hydrogen) atoms. The molecule has 5 aliphatic heterocycles. The molecule has 5 heterocycles. The lowest BCUT2D eigenvalue weighted by Crippen LogP contribution is -2.74. The van der Waals surface area contributed by atoms with Gasteiger partial charge >= 0.3 is 0 Å². The lowest BCUT2D eigenvalue weighted by Gasteiger charge is -2.58. The molecule has 2 unspecified atom stereocenters. The number of ether oxygens (including phenoxy) is 2. The van der Waals surface area contributed by atoms with Gasteiger partial charge in [-0.05, 0) is 31.5 Å². The lowest BCUT2D eigenvalue weighted by atomic mass is 9.79. The number of piperazine rings is 1. The maximum absolute atomic E-state index is 13.7. The zero-order valence-corrected chi connectivity index (χ0v) is 17.6. The van der Waals surface area contributed by atoms with Crippen molar-refractivity contribution in [2.75, 3.05) is 13.3 Å². The molecule has 0 aliphatic carbocycles. The minimum atomic E-state index is -1.10. The van der Waals surface area contributed by atoms with Crippen molar-refractivity contribution in [1.29, 1.82) is 5.26 Å². The fraction of sp³-hybridized carbons (Fsp3) is 0.450. The van der Waals surface area contributed by atoms with E-state index in [2.05, 4.69) is 12.6 Å². The van der Waals surface area contributed by atoms with Crippen molar-refractivity contribution in [1.82, 2.24) is 9.80 Å². The number of hydrogen-bond donors (Lipinski definition) is 0. The van der Waals surface area contributed by atoms with Crippen LogP contribution >= 0.6 is 21.6 Å². The smallest absolute Gasteiger partial charge is 0.261 e. The van der Waals surface area contributed by atoms with E-state index in [1.165, 1.54) is 21.6 Å². The summed E-state index contributed by atoms with van der Waals surface area (Å²) in [5, 5.41) is 10.1. The summed E-state index contributed by atoms with van der Waals surface area (Å²) >= 11 is 0. The highest BCUT2D eigenvalue weighted by Gasteiger charge is 2.75. The third kappa shape index (κ3) is 2.16. The molecule has 2 bridgehead atoms. The average molecular weight is 430 g/mol. The molecule has 2 amide bonds. The van der Waals surface area contributed by atoms with Crippen molar-refractivity contribution in [3.8, 4) is 17.6 Å². The molecule has 9 heteroatoms. The normalized spacial score (nSPS) is 36.9. The molecule has 0 N–H and O–H groups in total. The van der Waals surface area contributed by atoms with Crippen LogP contribution in [0.3, 0.4) is 0 Å². The molecule has 4 saturated heterocycles. The average Bonchev–Trinajstić information content (AvgIpc) is 3.28. The van der Waals surface area contributed by atoms with Gasteiger partial charge in [0.25, 0.3) is 11.8 Å². The second-order valence-electron chi connectivity index (χ2n) is 8.03. The van der Waals surface area contributed by atoms with Crippen molar-refractivity contribution < 1.29 is 19.1 Å². The molecule has 0 aromatic heterocycles. The first kappa shape index (κ1) is 18.7. The Morgan fingerprint density at radius 1 is 1.28 bits per heavy atom. The van der Waals surface area contributed by atoms with Gasteiger partial charge in [0.05, 0.1) is 17.5 Å². The van der Waals surface area contributed by atoms with Crippen LogP contribution in [0.2, 0.25) is 0 Å². The van der Waals surface area contributed by atoms with Gasteiger partial charge in [0.15, 0.2) is 21.2 Å². The fourth-order valence-electron chi connectivity index (χ4n) is 4.80. The maximum atomic E-state index is 13.7. The molecule has 5 aliphatic rings. The van der Waals surface area contributed by atoms with Gasteiger partial charge in [0, 0.05) is 13.0 Å². The number of hydrogen-bond acceptors (Lipinski definition) is 7. The first-order valence-corrected chi connectivity index (χ1v) is 11.4. The third-order valence-electron chi connectivity index (χ3n) is 6.19. The molecule has 4 atom stereocenters. The predicted molar refractivity (Wildman–Crippen MR) is 109 cm³/mol. The quantitative estimate of drug-likeness (QED) is 0.539. The third-order valence-corrected chi connectivity index (χ3v) is 9.83. The van der Waals surface area contributed by atoms with Gasteiger partial charge in [-0.3, -0.25) is 9.59 Å². The van der Waals surface area contributed by atoms with E-state index in [0.717, 1.165) is 5.56 Å². The van der Waals surface area contributed by atoms with E-state index >= 15 is 0 Å². The van der Waals surface area contributed by atoms with Gasteiger partial charge in [0.2, 0.25) is 6.79 Å². The zero-order chi connectivity index (χ0) is 20.6. The number of amides is 2. The molecule has 1 aromatic carbocycles. The lowest BCUT2D eigenvalue weighted by molar-refractivity contribution is -0.165. The fourth-order valence-corrected chi connectivity index (χ4v) is 8.34. The Balaban J connectivity index is 1.68. The Kier molecular flexibility index (Phi) is 3.78. The van der Waals surface area contributed by atoms with E-state index in [9.17, 15) is 14.9 Å². The highest BCUT2D eigenvalue weighted by Crippen LogP contribution is 2.69. The van der Waals surface area contributed by atoms with Crippen LogP contribution in [0.25, 0.3) is 0 Å². The Hall–Kier alpha value is -2.31. The molecule has 4 fully saturated rings. The second kappa shape index (κ2) is 5.86. The summed E-state index contributed by atoms with van der Waals surface area (Å²) in [6.45, 7) is 7.78. The van der Waals surface area contributed by atoms with Crippen LogP contribution in [0.5, 0.6) is 11.5 Å². The largest absolute Gasteiger partial charge is 0.454 e. The maximum Gasteiger partial charge on any atom is 0.261 e. The summed E-state index contributed by atoms with van der Waals surface area (Å²) in [5.74, 6) is 0.945. The molecule has 1 aromatic rings. The number of nitrogens with zero attached hydrogens (tertiary/aromatic N) is 3. The van der Waals surface area contributed by atoms with Gasteiger partial charge in [0.1, 0.15) is 0 Å². The van der Waals surface area contributed by atoms with Crippen molar-refractivity contribution in [3.05, 3.63) is 36.4 Å². The number of carbonyl (C=O) groups excluding carboxylic acids is 2. The molecule has 0 radical (unpaired) electrons. The summed E-state index contributed by atoms with van der Waals surface area (Å²) < 4.78 is 10.9. The van der Waals surface area contributed by atoms with Gasteiger partial charge in [-0.25, -0.2) is 0 Å². The van der Waals surface area contributed by atoms with Crippen molar-refractivity contribution in [3.63, 3.8) is 0 Å². The molecular weight excluding hydrogens is 410 g/mol. The monoisotopic (exact) mass is 429 g/mol. The second-order valence-corrected chi connectivity index (χ2v) is 10.8. The number of carbonyl (C=O) groups is 2. The van der Waals surface area contributed by atoms with E-state index < -0.39 is 21.2 Å². The van der Waals surface area contributed by atoms with Crippen LogP contribution in [0.15, 0.2) is 30.9 Å². The standard InChI is InChI=1S/C20H19N3O4S2/c1-4-7-22-17(25)20-9-18(2,10-21)15(23(20)16(24)19(22,3)28-29-20)12-5-6-13-14(8-12)27-11-26-13/h4-6,8,15H,1,7,9,11H2,2-3H3/t15-,18+,19?,20?/m0/s1. The number of benzene rings is 1. The van der Waals surface area contributed by atoms with E-state index in [1.54, 1.807) is 28.9 Å². The zero-order valence-electron chi connectivity index (χ0n) is 16.0. The Labute approximate surface area is 176 Å². The summed E-state index contributed by atoms with van der Waals surface area (Å²) in [6, 6.07) is 7.33. The van der Waals surface area contributed by atoms with Crippen molar-refractivity contribution >= 4 is 33.4 Å². The van der Waals surface area contributed by atoms with E-state index in [-0.39, 0.29) is 25.0 Å². The summed E-state index contributed by atoms with van der Waals surface area (Å²) in [4.78, 5) is 28.5. The first-order chi connectivity index (χ1) is 13.8. The van der Waals surface area contributed by atoms with Gasteiger partial charge < -0.3 is 19.3 Å².